The highest BCUT2D eigenvalue weighted by atomic mass is 35.5. The molecule has 1 N–H and O–H groups in total. The van der Waals surface area contributed by atoms with Crippen LogP contribution in [0.15, 0.2) is 28.8 Å². The molecule has 2 aromatic rings. The fourth-order valence-electron chi connectivity index (χ4n) is 2.52. The molecule has 0 atom stereocenters. The highest BCUT2D eigenvalue weighted by molar-refractivity contribution is 7.92. The number of nitrogens with zero attached hydrogens (tertiary/aromatic N) is 2. The normalized spacial score (nSPS) is 16.8. The van der Waals surface area contributed by atoms with Gasteiger partial charge in [-0.2, -0.15) is 0 Å². The van der Waals surface area contributed by atoms with E-state index in [4.69, 9.17) is 16.1 Å². The predicted octanol–water partition coefficient (Wildman–Crippen LogP) is 2.82. The first-order valence-corrected chi connectivity index (χ1v) is 9.40. The highest BCUT2D eigenvalue weighted by Gasteiger charge is 2.28. The van der Waals surface area contributed by atoms with Gasteiger partial charge in [-0.1, -0.05) is 16.8 Å². The maximum atomic E-state index is 12.3. The molecule has 24 heavy (non-hydrogen) atoms. The molecule has 1 aliphatic rings. The number of halogens is 1. The lowest BCUT2D eigenvalue weighted by Gasteiger charge is -2.29. The standard InChI is InChI=1S/C15H16ClN3O4S/c1-10-8-14(18-23-10)17-15(20)11-4-5-12(16)13(9-11)19-6-2-3-7-24(19,21)22/h4-5,8-9H,2-3,6-7H2,1H3,(H,17,18,20). The van der Waals surface area contributed by atoms with Gasteiger partial charge in [0.1, 0.15) is 5.76 Å². The Morgan fingerprint density at radius 1 is 1.33 bits per heavy atom. The van der Waals surface area contributed by atoms with Gasteiger partial charge in [-0.15, -0.1) is 0 Å². The Morgan fingerprint density at radius 3 is 2.79 bits per heavy atom. The summed E-state index contributed by atoms with van der Waals surface area (Å²) in [6, 6.07) is 6.12. The van der Waals surface area contributed by atoms with Gasteiger partial charge in [-0.25, -0.2) is 8.42 Å². The van der Waals surface area contributed by atoms with Crippen molar-refractivity contribution in [2.24, 2.45) is 0 Å². The van der Waals surface area contributed by atoms with Gasteiger partial charge in [-0.3, -0.25) is 9.10 Å². The minimum absolute atomic E-state index is 0.0813. The summed E-state index contributed by atoms with van der Waals surface area (Å²) in [4.78, 5) is 12.3. The average molecular weight is 370 g/mol. The van der Waals surface area contributed by atoms with E-state index in [0.29, 0.717) is 30.2 Å². The van der Waals surface area contributed by atoms with Gasteiger partial charge in [0.2, 0.25) is 10.0 Å². The Bertz CT molecular complexity index is 879. The van der Waals surface area contributed by atoms with Crippen molar-refractivity contribution < 1.29 is 17.7 Å². The first-order chi connectivity index (χ1) is 11.4. The molecule has 1 aromatic heterocycles. The SMILES string of the molecule is Cc1cc(NC(=O)c2ccc(Cl)c(N3CCCCS3(=O)=O)c2)no1. The molecular weight excluding hydrogens is 354 g/mol. The Labute approximate surface area is 144 Å². The fourth-order valence-corrected chi connectivity index (χ4v) is 4.44. The van der Waals surface area contributed by atoms with Gasteiger partial charge < -0.3 is 9.84 Å². The van der Waals surface area contributed by atoms with Gasteiger partial charge in [0.25, 0.3) is 5.91 Å². The number of anilines is 2. The third kappa shape index (κ3) is 3.39. The lowest BCUT2D eigenvalue weighted by Crippen LogP contribution is -2.38. The molecule has 0 spiro atoms. The van der Waals surface area contributed by atoms with Crippen molar-refractivity contribution in [1.82, 2.24) is 5.16 Å². The molecule has 9 heteroatoms. The number of aromatic nitrogens is 1. The summed E-state index contributed by atoms with van der Waals surface area (Å²) in [7, 11) is -3.41. The van der Waals surface area contributed by atoms with Crippen LogP contribution in [0, 0.1) is 6.92 Å². The summed E-state index contributed by atoms with van der Waals surface area (Å²) in [5.41, 5.74) is 0.608. The number of carbonyl (C=O) groups excluding carboxylic acids is 1. The molecule has 2 heterocycles. The van der Waals surface area contributed by atoms with Crippen LogP contribution in [-0.4, -0.2) is 31.8 Å². The number of hydrogen-bond donors (Lipinski definition) is 1. The lowest BCUT2D eigenvalue weighted by molar-refractivity contribution is 0.102. The van der Waals surface area contributed by atoms with Crippen LogP contribution in [0.3, 0.4) is 0 Å². The van der Waals surface area contributed by atoms with E-state index in [1.807, 2.05) is 0 Å². The van der Waals surface area contributed by atoms with Crippen LogP contribution in [0.4, 0.5) is 11.5 Å². The topological polar surface area (TPSA) is 92.5 Å². The van der Waals surface area contributed by atoms with E-state index in [2.05, 4.69) is 10.5 Å². The maximum absolute atomic E-state index is 12.3. The number of nitrogens with one attached hydrogen (secondary N) is 1. The van der Waals surface area contributed by atoms with Crippen LogP contribution in [0.1, 0.15) is 29.0 Å². The van der Waals surface area contributed by atoms with Crippen LogP contribution in [0.2, 0.25) is 5.02 Å². The first-order valence-electron chi connectivity index (χ1n) is 7.41. The summed E-state index contributed by atoms with van der Waals surface area (Å²) in [5, 5.41) is 6.58. The minimum atomic E-state index is -3.41. The average Bonchev–Trinajstić information content (AvgIpc) is 2.93. The number of sulfonamides is 1. The summed E-state index contributed by atoms with van der Waals surface area (Å²) >= 11 is 6.16. The fraction of sp³-hybridized carbons (Fsp3) is 0.333. The smallest absolute Gasteiger partial charge is 0.256 e. The van der Waals surface area contributed by atoms with Crippen LogP contribution >= 0.6 is 11.6 Å². The molecule has 0 unspecified atom stereocenters. The molecule has 3 rings (SSSR count). The molecule has 1 aliphatic heterocycles. The van der Waals surface area contributed by atoms with E-state index in [9.17, 15) is 13.2 Å². The van der Waals surface area contributed by atoms with Crippen LogP contribution < -0.4 is 9.62 Å². The first kappa shape index (κ1) is 16.8. The second-order valence-corrected chi connectivity index (χ2v) is 7.96. The molecule has 1 fully saturated rings. The molecular formula is C15H16ClN3O4S. The molecule has 0 saturated carbocycles. The van der Waals surface area contributed by atoms with E-state index in [1.54, 1.807) is 13.0 Å². The van der Waals surface area contributed by atoms with Crippen LogP contribution in [-0.2, 0) is 10.0 Å². The van der Waals surface area contributed by atoms with E-state index in [-0.39, 0.29) is 16.3 Å². The van der Waals surface area contributed by atoms with Gasteiger partial charge in [-0.05, 0) is 38.0 Å². The number of aryl methyl sites for hydroxylation is 1. The zero-order valence-electron chi connectivity index (χ0n) is 13.0. The summed E-state index contributed by atoms with van der Waals surface area (Å²) in [6.45, 7) is 2.07. The zero-order valence-corrected chi connectivity index (χ0v) is 14.5. The van der Waals surface area contributed by atoms with Crippen molar-refractivity contribution in [3.63, 3.8) is 0 Å². The van der Waals surface area contributed by atoms with Gasteiger partial charge in [0, 0.05) is 18.2 Å². The highest BCUT2D eigenvalue weighted by Crippen LogP contribution is 2.31. The summed E-state index contributed by atoms with van der Waals surface area (Å²) in [6.07, 6.45) is 1.38. The van der Waals surface area contributed by atoms with Crippen LogP contribution in [0.25, 0.3) is 0 Å². The molecule has 1 saturated heterocycles. The molecule has 1 aromatic carbocycles. The molecule has 0 radical (unpaired) electrons. The van der Waals surface area contributed by atoms with Crippen molar-refractivity contribution in [3.05, 3.63) is 40.6 Å². The van der Waals surface area contributed by atoms with Gasteiger partial charge >= 0.3 is 0 Å². The van der Waals surface area contributed by atoms with Gasteiger partial charge in [0.15, 0.2) is 5.82 Å². The Hall–Kier alpha value is -2.06. The van der Waals surface area contributed by atoms with Crippen molar-refractivity contribution >= 4 is 39.0 Å². The molecule has 128 valence electrons. The van der Waals surface area contributed by atoms with Crippen molar-refractivity contribution in [2.75, 3.05) is 21.9 Å². The minimum Gasteiger partial charge on any atom is -0.360 e. The van der Waals surface area contributed by atoms with Crippen molar-refractivity contribution in [3.8, 4) is 0 Å². The third-order valence-electron chi connectivity index (χ3n) is 3.70. The quantitative estimate of drug-likeness (QED) is 0.898. The molecule has 0 bridgehead atoms. The predicted molar refractivity (Wildman–Crippen MR) is 91.0 cm³/mol. The molecule has 1 amide bonds. The largest absolute Gasteiger partial charge is 0.360 e. The molecule has 7 nitrogen and oxygen atoms in total. The molecule has 0 aliphatic carbocycles. The second kappa shape index (κ2) is 6.45. The van der Waals surface area contributed by atoms with Crippen LogP contribution in [0.5, 0.6) is 0 Å². The second-order valence-electron chi connectivity index (χ2n) is 5.54. The number of amides is 1. The van der Waals surface area contributed by atoms with E-state index >= 15 is 0 Å². The number of carbonyl (C=O) groups is 1. The zero-order chi connectivity index (χ0) is 17.3. The van der Waals surface area contributed by atoms with Crippen molar-refractivity contribution in [2.45, 2.75) is 19.8 Å². The van der Waals surface area contributed by atoms with E-state index in [0.717, 1.165) is 6.42 Å². The number of rotatable bonds is 3. The van der Waals surface area contributed by atoms with E-state index in [1.165, 1.54) is 22.5 Å². The van der Waals surface area contributed by atoms with E-state index < -0.39 is 15.9 Å². The third-order valence-corrected chi connectivity index (χ3v) is 5.87. The Balaban J connectivity index is 1.89. The summed E-state index contributed by atoms with van der Waals surface area (Å²) < 4.78 is 30.7. The number of hydrogen-bond acceptors (Lipinski definition) is 5. The number of benzene rings is 1. The van der Waals surface area contributed by atoms with Crippen molar-refractivity contribution in [1.29, 1.82) is 0 Å². The van der Waals surface area contributed by atoms with Gasteiger partial charge in [0.05, 0.1) is 16.5 Å². The Kier molecular flexibility index (Phi) is 4.51. The monoisotopic (exact) mass is 369 g/mol. The lowest BCUT2D eigenvalue weighted by atomic mass is 10.1. The Morgan fingerprint density at radius 2 is 2.12 bits per heavy atom. The summed E-state index contributed by atoms with van der Waals surface area (Å²) in [5.74, 6) is 0.523. The maximum Gasteiger partial charge on any atom is 0.256 e.